The first kappa shape index (κ1) is 13.3. The van der Waals surface area contributed by atoms with Crippen LogP contribution in [-0.4, -0.2) is 47.9 Å². The average Bonchev–Trinajstić information content (AvgIpc) is 3.20. The number of rotatable bonds is 5. The Labute approximate surface area is 108 Å². The Bertz CT molecular complexity index is 326. The molecule has 2 rings (SSSR count). The summed E-state index contributed by atoms with van der Waals surface area (Å²) in [5, 5.41) is 15.3. The lowest BCUT2D eigenvalue weighted by atomic mass is 9.93. The Morgan fingerprint density at radius 1 is 1.56 bits per heavy atom. The minimum atomic E-state index is 0.126. The third-order valence-corrected chi connectivity index (χ3v) is 3.91. The van der Waals surface area contributed by atoms with Crippen LogP contribution >= 0.6 is 0 Å². The molecule has 1 amide bonds. The summed E-state index contributed by atoms with van der Waals surface area (Å²) >= 11 is 0. The Hall–Kier alpha value is -1.10. The van der Waals surface area contributed by atoms with Crippen LogP contribution in [0, 0.1) is 11.8 Å². The third kappa shape index (κ3) is 3.70. The summed E-state index contributed by atoms with van der Waals surface area (Å²) in [4.78, 5) is 13.9. The Balaban J connectivity index is 1.73. The molecule has 1 saturated heterocycles. The summed E-state index contributed by atoms with van der Waals surface area (Å²) in [5.41, 5.74) is 0.882. The van der Waals surface area contributed by atoms with E-state index in [2.05, 4.69) is 22.3 Å². The van der Waals surface area contributed by atoms with Crippen LogP contribution in [0.1, 0.15) is 32.6 Å². The van der Waals surface area contributed by atoms with E-state index in [1.807, 2.05) is 0 Å². The van der Waals surface area contributed by atoms with Gasteiger partial charge in [-0.15, -0.1) is 0 Å². The molecule has 0 bridgehead atoms. The molecule has 2 fully saturated rings. The van der Waals surface area contributed by atoms with Crippen molar-refractivity contribution in [2.45, 2.75) is 32.6 Å². The van der Waals surface area contributed by atoms with E-state index in [1.54, 1.807) is 0 Å². The molecule has 1 atom stereocenters. The van der Waals surface area contributed by atoms with Crippen LogP contribution in [0.4, 0.5) is 0 Å². The summed E-state index contributed by atoms with van der Waals surface area (Å²) in [5.74, 6) is 1.15. The number of nitrogens with one attached hydrogen (secondary N) is 1. The van der Waals surface area contributed by atoms with Crippen LogP contribution in [0.5, 0.6) is 0 Å². The Kier molecular flexibility index (Phi) is 4.58. The third-order valence-electron chi connectivity index (χ3n) is 3.91. The fourth-order valence-electron chi connectivity index (χ4n) is 2.46. The summed E-state index contributed by atoms with van der Waals surface area (Å²) in [6.45, 7) is 5.04. The normalized spacial score (nSPS) is 27.4. The molecular formula is C13H23N3O2. The second-order valence-corrected chi connectivity index (χ2v) is 5.43. The number of oxime groups is 1. The zero-order chi connectivity index (χ0) is 13.0. The summed E-state index contributed by atoms with van der Waals surface area (Å²) in [6.07, 6.45) is 4.25. The maximum atomic E-state index is 11.8. The number of nitrogens with zero attached hydrogens (tertiary/aromatic N) is 2. The van der Waals surface area contributed by atoms with E-state index in [4.69, 9.17) is 5.21 Å². The molecule has 0 aromatic carbocycles. The van der Waals surface area contributed by atoms with E-state index in [0.29, 0.717) is 12.5 Å². The average molecular weight is 253 g/mol. The minimum absolute atomic E-state index is 0.126. The molecule has 1 aliphatic heterocycles. The number of amides is 1. The molecule has 1 saturated carbocycles. The van der Waals surface area contributed by atoms with Crippen molar-refractivity contribution in [3.05, 3.63) is 0 Å². The second-order valence-electron chi connectivity index (χ2n) is 5.43. The highest BCUT2D eigenvalue weighted by atomic mass is 16.4. The molecular weight excluding hydrogens is 230 g/mol. The number of carbonyl (C=O) groups excluding carboxylic acids is 1. The predicted octanol–water partition coefficient (Wildman–Crippen LogP) is 1.07. The first-order valence-corrected chi connectivity index (χ1v) is 6.92. The van der Waals surface area contributed by atoms with Crippen molar-refractivity contribution in [1.29, 1.82) is 0 Å². The lowest BCUT2D eigenvalue weighted by Gasteiger charge is -2.32. The highest BCUT2D eigenvalue weighted by Crippen LogP contribution is 2.27. The predicted molar refractivity (Wildman–Crippen MR) is 69.8 cm³/mol. The first-order valence-electron chi connectivity index (χ1n) is 6.92. The van der Waals surface area contributed by atoms with E-state index >= 15 is 0 Å². The van der Waals surface area contributed by atoms with Crippen molar-refractivity contribution >= 4 is 11.6 Å². The number of hydrogen-bond acceptors (Lipinski definition) is 4. The fraction of sp³-hybridized carbons (Fsp3) is 0.846. The van der Waals surface area contributed by atoms with E-state index in [9.17, 15) is 4.79 Å². The lowest BCUT2D eigenvalue weighted by Crippen LogP contribution is -2.45. The second kappa shape index (κ2) is 6.18. The van der Waals surface area contributed by atoms with Gasteiger partial charge in [0.25, 0.3) is 0 Å². The molecule has 0 aromatic heterocycles. The molecule has 102 valence electrons. The zero-order valence-electron chi connectivity index (χ0n) is 11.1. The molecule has 18 heavy (non-hydrogen) atoms. The fourth-order valence-corrected chi connectivity index (χ4v) is 2.46. The molecule has 2 N–H and O–H groups in total. The van der Waals surface area contributed by atoms with Crippen LogP contribution in [0.3, 0.4) is 0 Å². The van der Waals surface area contributed by atoms with Gasteiger partial charge in [-0.25, -0.2) is 0 Å². The van der Waals surface area contributed by atoms with Gasteiger partial charge in [0.15, 0.2) is 0 Å². The van der Waals surface area contributed by atoms with Gasteiger partial charge in [0.05, 0.1) is 12.3 Å². The van der Waals surface area contributed by atoms with Crippen LogP contribution in [0.25, 0.3) is 0 Å². The molecule has 1 unspecified atom stereocenters. The van der Waals surface area contributed by atoms with Gasteiger partial charge in [-0.2, -0.15) is 0 Å². The molecule has 1 heterocycles. The first-order chi connectivity index (χ1) is 8.72. The van der Waals surface area contributed by atoms with Crippen LogP contribution in [-0.2, 0) is 4.79 Å². The highest BCUT2D eigenvalue weighted by molar-refractivity contribution is 5.87. The number of hydrogen-bond donors (Lipinski definition) is 2. The molecule has 5 nitrogen and oxygen atoms in total. The number of likely N-dealkylation sites (tertiary alicyclic amines) is 1. The monoisotopic (exact) mass is 253 g/mol. The van der Waals surface area contributed by atoms with Gasteiger partial charge in [0.2, 0.25) is 5.91 Å². The van der Waals surface area contributed by atoms with Crippen LogP contribution in [0.2, 0.25) is 0 Å². The SMILES string of the molecule is CCC1CN(CC(=O)NCC2CC2)CCC1=NO. The van der Waals surface area contributed by atoms with Gasteiger partial charge in [-0.05, 0) is 25.2 Å². The van der Waals surface area contributed by atoms with Crippen molar-refractivity contribution in [2.75, 3.05) is 26.2 Å². The van der Waals surface area contributed by atoms with Crippen molar-refractivity contribution in [3.8, 4) is 0 Å². The van der Waals surface area contributed by atoms with Gasteiger partial charge in [0.1, 0.15) is 0 Å². The van der Waals surface area contributed by atoms with Crippen molar-refractivity contribution in [1.82, 2.24) is 10.2 Å². The van der Waals surface area contributed by atoms with E-state index in [1.165, 1.54) is 12.8 Å². The topological polar surface area (TPSA) is 64.9 Å². The van der Waals surface area contributed by atoms with Gasteiger partial charge < -0.3 is 10.5 Å². The lowest BCUT2D eigenvalue weighted by molar-refractivity contribution is -0.122. The van der Waals surface area contributed by atoms with Crippen molar-refractivity contribution < 1.29 is 10.0 Å². The van der Waals surface area contributed by atoms with E-state index < -0.39 is 0 Å². The van der Waals surface area contributed by atoms with Gasteiger partial charge >= 0.3 is 0 Å². The Morgan fingerprint density at radius 3 is 2.94 bits per heavy atom. The zero-order valence-corrected chi connectivity index (χ0v) is 11.1. The van der Waals surface area contributed by atoms with Gasteiger partial charge in [-0.3, -0.25) is 9.69 Å². The quantitative estimate of drug-likeness (QED) is 0.569. The Morgan fingerprint density at radius 2 is 2.33 bits per heavy atom. The largest absolute Gasteiger partial charge is 0.411 e. The summed E-state index contributed by atoms with van der Waals surface area (Å²) in [6, 6.07) is 0. The molecule has 2 aliphatic rings. The molecule has 5 heteroatoms. The maximum Gasteiger partial charge on any atom is 0.234 e. The number of carbonyl (C=O) groups is 1. The van der Waals surface area contributed by atoms with Crippen molar-refractivity contribution in [2.24, 2.45) is 17.0 Å². The minimum Gasteiger partial charge on any atom is -0.411 e. The van der Waals surface area contributed by atoms with Crippen LogP contribution in [0.15, 0.2) is 5.16 Å². The smallest absolute Gasteiger partial charge is 0.234 e. The standard InChI is InChI=1S/C13H23N3O2/c1-2-11-8-16(6-5-12(11)15-18)9-13(17)14-7-10-3-4-10/h10-11,18H,2-9H2,1H3,(H,14,17). The maximum absolute atomic E-state index is 11.8. The highest BCUT2D eigenvalue weighted by Gasteiger charge is 2.26. The van der Waals surface area contributed by atoms with Gasteiger partial charge in [-0.1, -0.05) is 12.1 Å². The molecule has 0 radical (unpaired) electrons. The van der Waals surface area contributed by atoms with Crippen molar-refractivity contribution in [3.63, 3.8) is 0 Å². The molecule has 1 aliphatic carbocycles. The van der Waals surface area contributed by atoms with Crippen LogP contribution < -0.4 is 5.32 Å². The summed E-state index contributed by atoms with van der Waals surface area (Å²) in [7, 11) is 0. The van der Waals surface area contributed by atoms with E-state index in [0.717, 1.165) is 44.1 Å². The van der Waals surface area contributed by atoms with E-state index in [-0.39, 0.29) is 5.91 Å². The number of piperidine rings is 1. The summed E-state index contributed by atoms with van der Waals surface area (Å²) < 4.78 is 0. The molecule has 0 spiro atoms. The van der Waals surface area contributed by atoms with Gasteiger partial charge in [0, 0.05) is 32.0 Å². The molecule has 0 aromatic rings.